The van der Waals surface area contributed by atoms with Gasteiger partial charge in [-0.25, -0.2) is 4.79 Å². The average molecular weight is 319 g/mol. The molecule has 0 amide bonds. The molecule has 0 spiro atoms. The van der Waals surface area contributed by atoms with Gasteiger partial charge in [0.1, 0.15) is 6.10 Å². The molecule has 21 heavy (non-hydrogen) atoms. The van der Waals surface area contributed by atoms with Crippen molar-refractivity contribution < 1.29 is 23.9 Å². The highest BCUT2D eigenvalue weighted by molar-refractivity contribution is 6.74. The van der Waals surface area contributed by atoms with Gasteiger partial charge in [0.25, 0.3) is 5.09 Å². The smallest absolute Gasteiger partial charge is 0.332 e. The van der Waals surface area contributed by atoms with Crippen LogP contribution in [-0.4, -0.2) is 38.7 Å². The Morgan fingerprint density at radius 2 is 1.95 bits per heavy atom. The molecule has 0 aromatic heterocycles. The second kappa shape index (κ2) is 8.13. The van der Waals surface area contributed by atoms with Gasteiger partial charge in [0.2, 0.25) is 0 Å². The van der Waals surface area contributed by atoms with E-state index in [1.807, 2.05) is 0 Å². The van der Waals surface area contributed by atoms with Crippen molar-refractivity contribution in [2.75, 3.05) is 13.2 Å². The minimum absolute atomic E-state index is 0.138. The van der Waals surface area contributed by atoms with Gasteiger partial charge in [0.05, 0.1) is 6.61 Å². The van der Waals surface area contributed by atoms with E-state index in [2.05, 4.69) is 38.7 Å². The zero-order chi connectivity index (χ0) is 16.7. The quantitative estimate of drug-likeness (QED) is 0.225. The summed E-state index contributed by atoms with van der Waals surface area (Å²) in [6.45, 7) is 12.2. The predicted molar refractivity (Wildman–Crippen MR) is 80.8 cm³/mol. The molecule has 0 aliphatic heterocycles. The maximum atomic E-state index is 11.2. The number of rotatable bonds is 8. The van der Waals surface area contributed by atoms with Crippen molar-refractivity contribution in [3.8, 4) is 0 Å². The molecule has 0 aliphatic rings. The summed E-state index contributed by atoms with van der Waals surface area (Å²) in [4.78, 5) is 25.0. The third kappa shape index (κ3) is 8.46. The average Bonchev–Trinajstić information content (AvgIpc) is 2.30. The topological polar surface area (TPSA) is 87.9 Å². The van der Waals surface area contributed by atoms with Crippen LogP contribution in [0.15, 0.2) is 12.2 Å². The molecular formula is C13H25NO6Si. The maximum absolute atomic E-state index is 11.2. The first-order valence-corrected chi connectivity index (χ1v) is 9.64. The SMILES string of the molecule is C[C@@H](/C=C\CO[Si](C)(C)C(C)(C)C)OC(=O)CO[N+](=O)[O-]. The zero-order valence-corrected chi connectivity index (χ0v) is 14.5. The van der Waals surface area contributed by atoms with Crippen LogP contribution in [-0.2, 0) is 18.8 Å². The number of carbonyl (C=O) groups is 1. The summed E-state index contributed by atoms with van der Waals surface area (Å²) in [6.07, 6.45) is 2.97. The van der Waals surface area contributed by atoms with Crippen LogP contribution in [0.4, 0.5) is 0 Å². The Morgan fingerprint density at radius 3 is 2.43 bits per heavy atom. The van der Waals surface area contributed by atoms with Crippen molar-refractivity contribution in [2.45, 2.75) is 51.9 Å². The lowest BCUT2D eigenvalue weighted by molar-refractivity contribution is -0.754. The molecule has 122 valence electrons. The summed E-state index contributed by atoms with van der Waals surface area (Å²) in [6, 6.07) is 0. The summed E-state index contributed by atoms with van der Waals surface area (Å²) < 4.78 is 10.8. The van der Waals surface area contributed by atoms with Gasteiger partial charge in [-0.3, -0.25) is 0 Å². The molecule has 7 nitrogen and oxygen atoms in total. The van der Waals surface area contributed by atoms with Crippen molar-refractivity contribution in [2.24, 2.45) is 0 Å². The van der Waals surface area contributed by atoms with Crippen LogP contribution in [0.5, 0.6) is 0 Å². The summed E-state index contributed by atoms with van der Waals surface area (Å²) in [7, 11) is -1.79. The first-order chi connectivity index (χ1) is 9.45. The van der Waals surface area contributed by atoms with Gasteiger partial charge in [-0.1, -0.05) is 26.8 Å². The van der Waals surface area contributed by atoms with Crippen LogP contribution in [0.1, 0.15) is 27.7 Å². The van der Waals surface area contributed by atoms with E-state index < -0.39 is 32.1 Å². The Labute approximate surface area is 126 Å². The lowest BCUT2D eigenvalue weighted by Crippen LogP contribution is -2.40. The minimum atomic E-state index is -1.79. The summed E-state index contributed by atoms with van der Waals surface area (Å²) in [5.41, 5.74) is 0. The lowest BCUT2D eigenvalue weighted by Gasteiger charge is -2.35. The number of hydrogen-bond donors (Lipinski definition) is 0. The van der Waals surface area contributed by atoms with Gasteiger partial charge in [-0.15, -0.1) is 10.1 Å². The fraction of sp³-hybridized carbons (Fsp3) is 0.769. The highest BCUT2D eigenvalue weighted by atomic mass is 28.4. The first kappa shape index (κ1) is 19.6. The summed E-state index contributed by atoms with van der Waals surface area (Å²) in [5, 5.41) is 9.03. The van der Waals surface area contributed by atoms with E-state index in [1.165, 1.54) is 0 Å². The monoisotopic (exact) mass is 319 g/mol. The van der Waals surface area contributed by atoms with Gasteiger partial charge in [0.15, 0.2) is 14.9 Å². The molecule has 0 aromatic rings. The molecule has 0 radical (unpaired) electrons. The van der Waals surface area contributed by atoms with E-state index in [-0.39, 0.29) is 5.04 Å². The molecule has 0 saturated carbocycles. The predicted octanol–water partition coefficient (Wildman–Crippen LogP) is 2.70. The van der Waals surface area contributed by atoms with Gasteiger partial charge in [-0.05, 0) is 31.1 Å². The van der Waals surface area contributed by atoms with Gasteiger partial charge in [0, 0.05) is 0 Å². The van der Waals surface area contributed by atoms with E-state index in [0.717, 1.165) is 0 Å². The molecule has 1 atom stereocenters. The molecule has 0 rings (SSSR count). The second-order valence-electron chi connectivity index (χ2n) is 6.19. The van der Waals surface area contributed by atoms with Crippen molar-refractivity contribution in [1.29, 1.82) is 0 Å². The fourth-order valence-corrected chi connectivity index (χ4v) is 2.05. The Balaban J connectivity index is 4.09. The van der Waals surface area contributed by atoms with Crippen molar-refractivity contribution in [1.82, 2.24) is 0 Å². The van der Waals surface area contributed by atoms with E-state index in [4.69, 9.17) is 9.16 Å². The Bertz CT molecular complexity index is 389. The van der Waals surface area contributed by atoms with Crippen LogP contribution in [0.3, 0.4) is 0 Å². The van der Waals surface area contributed by atoms with Crippen LogP contribution in [0.25, 0.3) is 0 Å². The third-order valence-corrected chi connectivity index (χ3v) is 7.86. The molecule has 0 bridgehead atoms. The second-order valence-corrected chi connectivity index (χ2v) is 11.0. The fourth-order valence-electron chi connectivity index (χ4n) is 1.11. The number of carbonyl (C=O) groups excluding carboxylic acids is 1. The zero-order valence-electron chi connectivity index (χ0n) is 13.5. The largest absolute Gasteiger partial charge is 0.457 e. The van der Waals surface area contributed by atoms with Gasteiger partial charge < -0.3 is 14.0 Å². The normalized spacial score (nSPS) is 14.0. The van der Waals surface area contributed by atoms with Gasteiger partial charge in [-0.2, -0.15) is 0 Å². The number of ether oxygens (including phenoxy) is 1. The summed E-state index contributed by atoms with van der Waals surface area (Å²) >= 11 is 0. The molecule has 0 heterocycles. The molecule has 0 fully saturated rings. The Morgan fingerprint density at radius 1 is 1.38 bits per heavy atom. The Kier molecular flexibility index (Phi) is 7.59. The van der Waals surface area contributed by atoms with Crippen molar-refractivity contribution in [3.05, 3.63) is 22.3 Å². The highest BCUT2D eigenvalue weighted by Crippen LogP contribution is 2.36. The number of esters is 1. The van der Waals surface area contributed by atoms with E-state index in [0.29, 0.717) is 6.61 Å². The molecule has 8 heteroatoms. The first-order valence-electron chi connectivity index (χ1n) is 6.73. The van der Waals surface area contributed by atoms with E-state index in [1.54, 1.807) is 19.1 Å². The van der Waals surface area contributed by atoms with Crippen molar-refractivity contribution >= 4 is 14.3 Å². The molecule has 0 aromatic carbocycles. The van der Waals surface area contributed by atoms with E-state index in [9.17, 15) is 14.9 Å². The standard InChI is InChI=1S/C13H25NO6Si/c1-11(20-12(15)10-18-14(16)17)8-7-9-19-21(5,6)13(2,3)4/h7-8,11H,9-10H2,1-6H3/b8-7-/t11-/m0/s1. The van der Waals surface area contributed by atoms with Crippen LogP contribution < -0.4 is 0 Å². The highest BCUT2D eigenvalue weighted by Gasteiger charge is 2.36. The van der Waals surface area contributed by atoms with Crippen molar-refractivity contribution in [3.63, 3.8) is 0 Å². The molecule has 0 saturated heterocycles. The van der Waals surface area contributed by atoms with Gasteiger partial charge >= 0.3 is 5.97 Å². The number of hydrogen-bond acceptors (Lipinski definition) is 6. The maximum Gasteiger partial charge on any atom is 0.332 e. The molecule has 0 aliphatic carbocycles. The Hall–Kier alpha value is -1.41. The molecule has 0 unspecified atom stereocenters. The number of nitrogens with zero attached hydrogens (tertiary/aromatic N) is 1. The summed E-state index contributed by atoms with van der Waals surface area (Å²) in [5.74, 6) is -0.783. The van der Waals surface area contributed by atoms with Crippen LogP contribution in [0, 0.1) is 10.1 Å². The van der Waals surface area contributed by atoms with Crippen LogP contribution in [0.2, 0.25) is 18.1 Å². The van der Waals surface area contributed by atoms with Crippen LogP contribution >= 0.6 is 0 Å². The minimum Gasteiger partial charge on any atom is -0.457 e. The molecular weight excluding hydrogens is 294 g/mol. The lowest BCUT2D eigenvalue weighted by atomic mass is 10.2. The molecule has 0 N–H and O–H groups in total. The third-order valence-electron chi connectivity index (χ3n) is 3.36. The van der Waals surface area contributed by atoms with E-state index >= 15 is 0 Å².